The lowest BCUT2D eigenvalue weighted by Crippen LogP contribution is -2.21. The first-order valence-electron chi connectivity index (χ1n) is 10.6. The van der Waals surface area contributed by atoms with Gasteiger partial charge in [0.05, 0.1) is 6.61 Å². The molecule has 0 rings (SSSR count). The van der Waals surface area contributed by atoms with Gasteiger partial charge >= 0.3 is 7.82 Å². The highest BCUT2D eigenvalue weighted by atomic mass is 31.2. The Bertz CT molecular complexity index is 319. The number of unbranched alkanes of at least 4 members (excludes halogenated alkanes) is 7. The molecule has 0 aromatic rings. The van der Waals surface area contributed by atoms with Gasteiger partial charge in [0, 0.05) is 0 Å². The van der Waals surface area contributed by atoms with Gasteiger partial charge in [-0.15, -0.1) is 0 Å². The minimum atomic E-state index is -4.28. The Morgan fingerprint density at radius 1 is 0.680 bits per heavy atom. The van der Waals surface area contributed by atoms with Crippen molar-refractivity contribution in [1.82, 2.24) is 0 Å². The molecule has 0 aromatic carbocycles. The van der Waals surface area contributed by atoms with Gasteiger partial charge in [0.25, 0.3) is 0 Å². The summed E-state index contributed by atoms with van der Waals surface area (Å²) in [7, 11) is -4.28. The zero-order valence-corrected chi connectivity index (χ0v) is 17.9. The van der Waals surface area contributed by atoms with Gasteiger partial charge in [-0.25, -0.2) is 4.57 Å². The van der Waals surface area contributed by atoms with Crippen molar-refractivity contribution in [2.45, 2.75) is 117 Å². The van der Waals surface area contributed by atoms with Crippen LogP contribution in [-0.4, -0.2) is 16.4 Å². The summed E-state index contributed by atoms with van der Waals surface area (Å²) in [5.41, 5.74) is 0.561. The first-order valence-corrected chi connectivity index (χ1v) is 12.1. The van der Waals surface area contributed by atoms with Crippen LogP contribution in [0, 0.1) is 5.41 Å². The fourth-order valence-corrected chi connectivity index (χ4v) is 4.09. The molecule has 0 radical (unpaired) electrons. The van der Waals surface area contributed by atoms with Crippen LogP contribution < -0.4 is 0 Å². The maximum absolute atomic E-state index is 10.6. The van der Waals surface area contributed by atoms with Crippen molar-refractivity contribution >= 4 is 7.82 Å². The van der Waals surface area contributed by atoms with Gasteiger partial charge in [-0.1, -0.05) is 85.0 Å². The molecule has 25 heavy (non-hydrogen) atoms. The second kappa shape index (κ2) is 15.2. The zero-order chi connectivity index (χ0) is 19.0. The van der Waals surface area contributed by atoms with E-state index in [2.05, 4.69) is 25.3 Å². The molecule has 0 aliphatic carbocycles. The van der Waals surface area contributed by atoms with Gasteiger partial charge in [0.15, 0.2) is 0 Å². The van der Waals surface area contributed by atoms with E-state index in [1.807, 2.05) is 0 Å². The van der Waals surface area contributed by atoms with E-state index >= 15 is 0 Å². The highest BCUT2D eigenvalue weighted by Crippen LogP contribution is 2.41. The van der Waals surface area contributed by atoms with Crippen LogP contribution in [0.5, 0.6) is 0 Å². The standard InChI is InChI=1S/C20H43O4P/c1-4-7-15-20(16-8-5-2,17-9-6-3)18-13-11-10-12-14-19-24-25(21,22)23/h4-19H2,1-3H3,(H2,21,22,23). The minimum absolute atomic E-state index is 0.164. The predicted molar refractivity (Wildman–Crippen MR) is 107 cm³/mol. The summed E-state index contributed by atoms with van der Waals surface area (Å²) in [6.07, 6.45) is 18.8. The summed E-state index contributed by atoms with van der Waals surface area (Å²) in [5.74, 6) is 0. The molecule has 0 amide bonds. The smallest absolute Gasteiger partial charge is 0.303 e. The molecule has 152 valence electrons. The number of hydrogen-bond acceptors (Lipinski definition) is 2. The SMILES string of the molecule is CCCCC(CCCC)(CCCC)CCCCCCCOP(=O)(O)O. The van der Waals surface area contributed by atoms with Crippen LogP contribution in [0.2, 0.25) is 0 Å². The molecule has 2 N–H and O–H groups in total. The topological polar surface area (TPSA) is 66.8 Å². The van der Waals surface area contributed by atoms with Crippen molar-refractivity contribution in [3.63, 3.8) is 0 Å². The highest BCUT2D eigenvalue weighted by Gasteiger charge is 2.27. The lowest BCUT2D eigenvalue weighted by Gasteiger charge is -2.35. The molecule has 0 aliphatic heterocycles. The number of rotatable bonds is 18. The van der Waals surface area contributed by atoms with Gasteiger partial charge in [0.2, 0.25) is 0 Å². The van der Waals surface area contributed by atoms with Crippen molar-refractivity contribution in [2.75, 3.05) is 6.61 Å². The molecule has 0 aliphatic rings. The summed E-state index contributed by atoms with van der Waals surface area (Å²) in [5, 5.41) is 0. The highest BCUT2D eigenvalue weighted by molar-refractivity contribution is 7.46. The molecule has 0 saturated carbocycles. The van der Waals surface area contributed by atoms with E-state index in [9.17, 15) is 4.57 Å². The van der Waals surface area contributed by atoms with E-state index in [1.165, 1.54) is 77.0 Å². The van der Waals surface area contributed by atoms with Gasteiger partial charge in [-0.3, -0.25) is 4.52 Å². The first-order chi connectivity index (χ1) is 11.9. The van der Waals surface area contributed by atoms with Crippen LogP contribution in [0.1, 0.15) is 117 Å². The van der Waals surface area contributed by atoms with Crippen molar-refractivity contribution < 1.29 is 18.9 Å². The fraction of sp³-hybridized carbons (Fsp3) is 1.00. The average molecular weight is 379 g/mol. The van der Waals surface area contributed by atoms with Crippen LogP contribution in [-0.2, 0) is 9.09 Å². The summed E-state index contributed by atoms with van der Waals surface area (Å²) < 4.78 is 15.1. The summed E-state index contributed by atoms with van der Waals surface area (Å²) in [6, 6.07) is 0. The second-order valence-electron chi connectivity index (χ2n) is 7.65. The largest absolute Gasteiger partial charge is 0.469 e. The van der Waals surface area contributed by atoms with E-state index in [1.54, 1.807) is 0 Å². The molecule has 0 aromatic heterocycles. The second-order valence-corrected chi connectivity index (χ2v) is 8.89. The predicted octanol–water partition coefficient (Wildman–Crippen LogP) is 6.99. The fourth-order valence-electron chi connectivity index (χ4n) is 3.72. The molecule has 5 heteroatoms. The van der Waals surface area contributed by atoms with Crippen molar-refractivity contribution in [2.24, 2.45) is 5.41 Å². The van der Waals surface area contributed by atoms with Crippen LogP contribution in [0.4, 0.5) is 0 Å². The number of phosphoric ester groups is 1. The van der Waals surface area contributed by atoms with Crippen LogP contribution in [0.15, 0.2) is 0 Å². The Labute approximate surface area is 156 Å². The van der Waals surface area contributed by atoms with Crippen LogP contribution in [0.25, 0.3) is 0 Å². The Morgan fingerprint density at radius 3 is 1.52 bits per heavy atom. The van der Waals surface area contributed by atoms with Gasteiger partial charge < -0.3 is 9.79 Å². The molecule has 0 spiro atoms. The molecule has 0 unspecified atom stereocenters. The number of hydrogen-bond donors (Lipinski definition) is 2. The third kappa shape index (κ3) is 14.9. The average Bonchev–Trinajstić information content (AvgIpc) is 2.57. The van der Waals surface area contributed by atoms with Gasteiger partial charge in [0.1, 0.15) is 0 Å². The minimum Gasteiger partial charge on any atom is -0.303 e. The van der Waals surface area contributed by atoms with Crippen molar-refractivity contribution in [1.29, 1.82) is 0 Å². The maximum Gasteiger partial charge on any atom is 0.469 e. The summed E-state index contributed by atoms with van der Waals surface area (Å²) in [4.78, 5) is 17.3. The molecule has 0 saturated heterocycles. The van der Waals surface area contributed by atoms with Crippen LogP contribution >= 0.6 is 7.82 Å². The van der Waals surface area contributed by atoms with Crippen molar-refractivity contribution in [3.8, 4) is 0 Å². The third-order valence-electron chi connectivity index (χ3n) is 5.29. The first kappa shape index (κ1) is 25.1. The third-order valence-corrected chi connectivity index (χ3v) is 5.81. The zero-order valence-electron chi connectivity index (χ0n) is 17.0. The lowest BCUT2D eigenvalue weighted by atomic mass is 9.71. The molecular formula is C20H43O4P. The quantitative estimate of drug-likeness (QED) is 0.199. The van der Waals surface area contributed by atoms with Gasteiger partial charge in [-0.05, 0) is 37.5 Å². The van der Waals surface area contributed by atoms with E-state index in [-0.39, 0.29) is 6.61 Å². The van der Waals surface area contributed by atoms with E-state index in [4.69, 9.17) is 9.79 Å². The van der Waals surface area contributed by atoms with Gasteiger partial charge in [-0.2, -0.15) is 0 Å². The van der Waals surface area contributed by atoms with Crippen molar-refractivity contribution in [3.05, 3.63) is 0 Å². The molecule has 0 fully saturated rings. The Balaban J connectivity index is 4.15. The Hall–Kier alpha value is 0.110. The molecule has 0 heterocycles. The van der Waals surface area contributed by atoms with E-state index in [0.29, 0.717) is 5.41 Å². The molecule has 0 bridgehead atoms. The maximum atomic E-state index is 10.6. The lowest BCUT2D eigenvalue weighted by molar-refractivity contribution is 0.174. The molecule has 4 nitrogen and oxygen atoms in total. The molecular weight excluding hydrogens is 335 g/mol. The number of phosphoric acid groups is 1. The van der Waals surface area contributed by atoms with E-state index < -0.39 is 7.82 Å². The summed E-state index contributed by atoms with van der Waals surface area (Å²) >= 11 is 0. The summed E-state index contributed by atoms with van der Waals surface area (Å²) in [6.45, 7) is 7.05. The monoisotopic (exact) mass is 378 g/mol. The van der Waals surface area contributed by atoms with Crippen LogP contribution in [0.3, 0.4) is 0 Å². The Morgan fingerprint density at radius 2 is 1.08 bits per heavy atom. The molecule has 0 atom stereocenters. The van der Waals surface area contributed by atoms with E-state index in [0.717, 1.165) is 19.3 Å². The normalized spacial score (nSPS) is 12.7. The Kier molecular flexibility index (Phi) is 15.3.